The summed E-state index contributed by atoms with van der Waals surface area (Å²) in [7, 11) is -1.17. The Labute approximate surface area is 254 Å². The maximum Gasteiger partial charge on any atom is 0.307 e. The van der Waals surface area contributed by atoms with E-state index in [9.17, 15) is 14.4 Å². The third-order valence-electron chi connectivity index (χ3n) is 8.47. The standard InChI is InChI=1S/C32H44N4O6Si/c1-7-36-26-15-23-22-12-10-11-21-19-35(20-40-13-14-43(4,5)6)34-29(21)30(22)33-25(23)16-24(26)32(31(36)39,17-27(37)41-8-2)18-28(38)42-9-3/h15-16,19,33H,7-14,17-18,20H2,1-6H3. The largest absolute Gasteiger partial charge is 0.466 e. The number of aryl methyl sites for hydroxylation is 2. The normalized spacial score (nSPS) is 15.7. The highest BCUT2D eigenvalue weighted by Crippen LogP contribution is 2.49. The van der Waals surface area contributed by atoms with Gasteiger partial charge >= 0.3 is 11.9 Å². The first kappa shape index (κ1) is 31.0. The SMILES string of the molecule is CCOC(=O)CC1(CC(=O)OCC)C(=O)N(CC)c2cc3c4c([nH]c3cc21)-c1nn(COCC[Si](C)(C)C)cc1CCC4. The minimum absolute atomic E-state index is 0.188. The molecule has 3 heterocycles. The van der Waals surface area contributed by atoms with Gasteiger partial charge in [0, 0.05) is 44.0 Å². The lowest BCUT2D eigenvalue weighted by Gasteiger charge is -2.27. The fourth-order valence-corrected chi connectivity index (χ4v) is 7.14. The molecule has 1 N–H and O–H groups in total. The zero-order chi connectivity index (χ0) is 30.9. The molecule has 0 radical (unpaired) electrons. The first-order valence-electron chi connectivity index (χ1n) is 15.5. The Morgan fingerprint density at radius 2 is 1.74 bits per heavy atom. The van der Waals surface area contributed by atoms with Crippen LogP contribution in [0.1, 0.15) is 56.7 Å². The number of hydrogen-bond acceptors (Lipinski definition) is 7. The summed E-state index contributed by atoms with van der Waals surface area (Å²) in [5.74, 6) is -1.32. The van der Waals surface area contributed by atoms with Gasteiger partial charge in [0.15, 0.2) is 0 Å². The minimum atomic E-state index is -1.40. The molecule has 1 aromatic carbocycles. The van der Waals surface area contributed by atoms with E-state index in [2.05, 4.69) is 30.8 Å². The van der Waals surface area contributed by atoms with Crippen molar-refractivity contribution in [2.75, 3.05) is 31.3 Å². The number of esters is 2. The molecule has 11 heteroatoms. The molecule has 10 nitrogen and oxygen atoms in total. The van der Waals surface area contributed by atoms with Gasteiger partial charge in [-0.25, -0.2) is 4.68 Å². The zero-order valence-corrected chi connectivity index (χ0v) is 27.3. The molecule has 5 rings (SSSR count). The van der Waals surface area contributed by atoms with Gasteiger partial charge in [-0.15, -0.1) is 0 Å². The van der Waals surface area contributed by atoms with Crippen LogP contribution >= 0.6 is 0 Å². The van der Waals surface area contributed by atoms with Crippen LogP contribution < -0.4 is 4.90 Å². The highest BCUT2D eigenvalue weighted by molar-refractivity contribution is 6.76. The number of carbonyl (C=O) groups is 3. The molecule has 0 spiro atoms. The smallest absolute Gasteiger partial charge is 0.307 e. The fourth-order valence-electron chi connectivity index (χ4n) is 6.39. The molecule has 2 aliphatic rings. The van der Waals surface area contributed by atoms with Gasteiger partial charge in [0.2, 0.25) is 5.91 Å². The van der Waals surface area contributed by atoms with Crippen LogP contribution in [0.3, 0.4) is 0 Å². The fraction of sp³-hybridized carbons (Fsp3) is 0.562. The quantitative estimate of drug-likeness (QED) is 0.168. The Bertz CT molecular complexity index is 1510. The van der Waals surface area contributed by atoms with Crippen molar-refractivity contribution in [3.05, 3.63) is 35.0 Å². The molecule has 2 aromatic heterocycles. The number of nitrogens with zero attached hydrogens (tertiary/aromatic N) is 3. The molecule has 1 aliphatic heterocycles. The number of anilines is 1. The molecule has 0 saturated carbocycles. The third kappa shape index (κ3) is 6.01. The second kappa shape index (κ2) is 12.3. The number of ether oxygens (including phenoxy) is 3. The first-order valence-corrected chi connectivity index (χ1v) is 19.2. The Morgan fingerprint density at radius 3 is 2.37 bits per heavy atom. The number of rotatable bonds is 12. The van der Waals surface area contributed by atoms with E-state index in [1.165, 1.54) is 11.1 Å². The van der Waals surface area contributed by atoms with Crippen molar-refractivity contribution in [3.63, 3.8) is 0 Å². The summed E-state index contributed by atoms with van der Waals surface area (Å²) in [6.45, 7) is 14.3. The van der Waals surface area contributed by atoms with E-state index < -0.39 is 25.4 Å². The summed E-state index contributed by atoms with van der Waals surface area (Å²) in [6, 6.07) is 5.10. The topological polar surface area (TPSA) is 116 Å². The number of fused-ring (bicyclic) bond motifs is 6. The molecule has 232 valence electrons. The van der Waals surface area contributed by atoms with Crippen molar-refractivity contribution in [1.82, 2.24) is 14.8 Å². The number of carbonyl (C=O) groups excluding carboxylic acids is 3. The van der Waals surface area contributed by atoms with Crippen LogP contribution in [0, 0.1) is 0 Å². The van der Waals surface area contributed by atoms with Crippen LogP contribution in [0.25, 0.3) is 22.3 Å². The lowest BCUT2D eigenvalue weighted by atomic mass is 9.75. The summed E-state index contributed by atoms with van der Waals surface area (Å²) in [6.07, 6.45) is 4.37. The summed E-state index contributed by atoms with van der Waals surface area (Å²) in [5, 5.41) is 5.96. The summed E-state index contributed by atoms with van der Waals surface area (Å²) in [4.78, 5) is 45.1. The van der Waals surface area contributed by atoms with E-state index in [4.69, 9.17) is 19.3 Å². The van der Waals surface area contributed by atoms with E-state index in [1.54, 1.807) is 18.7 Å². The third-order valence-corrected chi connectivity index (χ3v) is 10.2. The molecule has 1 aliphatic carbocycles. The number of likely N-dealkylation sites (N-methyl/N-ethyl adjacent to an activating group) is 1. The van der Waals surface area contributed by atoms with Crippen LogP contribution in [-0.2, 0) is 53.6 Å². The lowest BCUT2D eigenvalue weighted by Crippen LogP contribution is -2.44. The summed E-state index contributed by atoms with van der Waals surface area (Å²) >= 11 is 0. The first-order chi connectivity index (χ1) is 20.5. The maximum atomic E-state index is 14.0. The number of aromatic amines is 1. The Kier molecular flexibility index (Phi) is 8.85. The van der Waals surface area contributed by atoms with Gasteiger partial charge in [0.25, 0.3) is 0 Å². The minimum Gasteiger partial charge on any atom is -0.466 e. The Morgan fingerprint density at radius 1 is 1.05 bits per heavy atom. The highest BCUT2D eigenvalue weighted by atomic mass is 28.3. The molecular weight excluding hydrogens is 564 g/mol. The van der Waals surface area contributed by atoms with Crippen molar-refractivity contribution >= 4 is 42.5 Å². The van der Waals surface area contributed by atoms with Gasteiger partial charge in [-0.3, -0.25) is 14.4 Å². The molecule has 0 saturated heterocycles. The van der Waals surface area contributed by atoms with E-state index >= 15 is 0 Å². The number of benzene rings is 1. The van der Waals surface area contributed by atoms with Crippen LogP contribution in [0.4, 0.5) is 5.69 Å². The number of hydrogen-bond donors (Lipinski definition) is 1. The monoisotopic (exact) mass is 608 g/mol. The van der Waals surface area contributed by atoms with Crippen molar-refractivity contribution in [2.24, 2.45) is 0 Å². The van der Waals surface area contributed by atoms with Crippen LogP contribution in [0.2, 0.25) is 25.7 Å². The molecule has 0 unspecified atom stereocenters. The summed E-state index contributed by atoms with van der Waals surface area (Å²) < 4.78 is 18.4. The molecule has 0 fully saturated rings. The van der Waals surface area contributed by atoms with Gasteiger partial charge in [-0.1, -0.05) is 19.6 Å². The average Bonchev–Trinajstić information content (AvgIpc) is 3.53. The number of nitrogens with one attached hydrogen (secondary N) is 1. The van der Waals surface area contributed by atoms with Crippen LogP contribution in [0.15, 0.2) is 18.3 Å². The number of amides is 1. The van der Waals surface area contributed by atoms with Gasteiger partial charge in [0.1, 0.15) is 12.4 Å². The van der Waals surface area contributed by atoms with Crippen molar-refractivity contribution in [1.29, 1.82) is 0 Å². The second-order valence-corrected chi connectivity index (χ2v) is 18.4. The van der Waals surface area contributed by atoms with E-state index in [0.717, 1.165) is 59.9 Å². The van der Waals surface area contributed by atoms with Crippen molar-refractivity contribution < 1.29 is 28.6 Å². The lowest BCUT2D eigenvalue weighted by molar-refractivity contribution is -0.151. The van der Waals surface area contributed by atoms with Crippen molar-refractivity contribution in [2.45, 2.75) is 90.7 Å². The van der Waals surface area contributed by atoms with E-state index in [1.807, 2.05) is 23.7 Å². The molecule has 0 bridgehead atoms. The highest BCUT2D eigenvalue weighted by Gasteiger charge is 2.54. The Balaban J connectivity index is 1.57. The molecule has 0 atom stereocenters. The number of aromatic nitrogens is 3. The van der Waals surface area contributed by atoms with E-state index in [-0.39, 0.29) is 32.0 Å². The summed E-state index contributed by atoms with van der Waals surface area (Å²) in [5.41, 5.74) is 5.05. The average molecular weight is 609 g/mol. The van der Waals surface area contributed by atoms with Crippen LogP contribution in [0.5, 0.6) is 0 Å². The van der Waals surface area contributed by atoms with Gasteiger partial charge in [0.05, 0.1) is 37.2 Å². The van der Waals surface area contributed by atoms with Gasteiger partial charge < -0.3 is 24.1 Å². The van der Waals surface area contributed by atoms with Gasteiger partial charge in [-0.2, -0.15) is 5.10 Å². The second-order valence-electron chi connectivity index (χ2n) is 12.7. The van der Waals surface area contributed by atoms with Crippen molar-refractivity contribution in [3.8, 4) is 11.4 Å². The predicted molar refractivity (Wildman–Crippen MR) is 168 cm³/mol. The van der Waals surface area contributed by atoms with Crippen LogP contribution in [-0.4, -0.2) is 67.0 Å². The Hall–Kier alpha value is -3.44. The number of H-pyrrole nitrogens is 1. The maximum absolute atomic E-state index is 14.0. The molecule has 3 aromatic rings. The predicted octanol–water partition coefficient (Wildman–Crippen LogP) is 5.34. The van der Waals surface area contributed by atoms with Gasteiger partial charge in [-0.05, 0) is 74.9 Å². The molecule has 43 heavy (non-hydrogen) atoms. The molecule has 1 amide bonds. The van der Waals surface area contributed by atoms with E-state index in [0.29, 0.717) is 18.8 Å². The molecular formula is C32H44N4O6Si. The zero-order valence-electron chi connectivity index (χ0n) is 26.3.